The second-order valence-corrected chi connectivity index (χ2v) is 3.32. The fraction of sp³-hybridized carbons (Fsp3) is 0.0769. The normalized spacial score (nSPS) is 10.7. The molecule has 0 saturated carbocycles. The summed E-state index contributed by atoms with van der Waals surface area (Å²) in [4.78, 5) is 4.33. The Morgan fingerprint density at radius 1 is 1.33 bits per heavy atom. The van der Waals surface area contributed by atoms with E-state index in [4.69, 9.17) is 5.26 Å². The first-order chi connectivity index (χ1) is 7.33. The lowest BCUT2D eigenvalue weighted by atomic mass is 10.0. The van der Waals surface area contributed by atoms with Crippen molar-refractivity contribution in [3.63, 3.8) is 0 Å². The van der Waals surface area contributed by atoms with Crippen LogP contribution in [0.25, 0.3) is 17.0 Å². The average Bonchev–Trinajstić information content (AvgIpc) is 2.29. The molecule has 0 amide bonds. The zero-order valence-corrected chi connectivity index (χ0v) is 8.44. The van der Waals surface area contributed by atoms with Gasteiger partial charge in [0.25, 0.3) is 0 Å². The van der Waals surface area contributed by atoms with Gasteiger partial charge in [-0.15, -0.1) is 0 Å². The van der Waals surface area contributed by atoms with Crippen LogP contribution in [0.4, 0.5) is 0 Å². The molecule has 2 heteroatoms. The van der Waals surface area contributed by atoms with Gasteiger partial charge in [0.2, 0.25) is 0 Å². The number of pyridine rings is 1. The molecule has 0 atom stereocenters. The van der Waals surface area contributed by atoms with Gasteiger partial charge in [-0.1, -0.05) is 18.2 Å². The standard InChI is InChI=1S/C13H10N2/c1-10-11(4-2-8-14)6-7-12-5-3-9-15-13(10)12/h2-7,9H,1H3. The summed E-state index contributed by atoms with van der Waals surface area (Å²) in [6, 6.07) is 9.98. The van der Waals surface area contributed by atoms with Crippen LogP contribution in [0.5, 0.6) is 0 Å². The molecule has 0 aliphatic heterocycles. The molecule has 2 rings (SSSR count). The minimum Gasteiger partial charge on any atom is -0.256 e. The molecule has 1 heterocycles. The number of nitriles is 1. The number of fused-ring (bicyclic) bond motifs is 1. The van der Waals surface area contributed by atoms with Gasteiger partial charge in [0.05, 0.1) is 11.6 Å². The molecular formula is C13H10N2. The first-order valence-corrected chi connectivity index (χ1v) is 4.73. The van der Waals surface area contributed by atoms with E-state index < -0.39 is 0 Å². The van der Waals surface area contributed by atoms with Crippen LogP contribution in [0.1, 0.15) is 11.1 Å². The Labute approximate surface area is 88.5 Å². The molecule has 1 aromatic heterocycles. The lowest BCUT2D eigenvalue weighted by Crippen LogP contribution is -1.86. The number of hydrogen-bond acceptors (Lipinski definition) is 2. The van der Waals surface area contributed by atoms with Crippen LogP contribution in [0.15, 0.2) is 36.5 Å². The highest BCUT2D eigenvalue weighted by atomic mass is 14.6. The predicted octanol–water partition coefficient (Wildman–Crippen LogP) is 3.08. The fourth-order valence-corrected chi connectivity index (χ4v) is 1.61. The Morgan fingerprint density at radius 3 is 3.00 bits per heavy atom. The quantitative estimate of drug-likeness (QED) is 0.654. The minimum atomic E-state index is 0.998. The number of aromatic nitrogens is 1. The van der Waals surface area contributed by atoms with Crippen molar-refractivity contribution in [2.45, 2.75) is 6.92 Å². The molecule has 0 radical (unpaired) electrons. The molecule has 15 heavy (non-hydrogen) atoms. The molecule has 0 aliphatic carbocycles. The summed E-state index contributed by atoms with van der Waals surface area (Å²) in [5, 5.41) is 9.61. The highest BCUT2D eigenvalue weighted by molar-refractivity contribution is 5.84. The van der Waals surface area contributed by atoms with Crippen molar-refractivity contribution in [2.75, 3.05) is 0 Å². The summed E-state index contributed by atoms with van der Waals surface area (Å²) in [6.07, 6.45) is 5.08. The maximum Gasteiger partial charge on any atom is 0.0912 e. The minimum absolute atomic E-state index is 0.998. The summed E-state index contributed by atoms with van der Waals surface area (Å²) in [6.45, 7) is 2.02. The summed E-state index contributed by atoms with van der Waals surface area (Å²) in [5.41, 5.74) is 3.15. The average molecular weight is 194 g/mol. The lowest BCUT2D eigenvalue weighted by molar-refractivity contribution is 1.36. The van der Waals surface area contributed by atoms with E-state index in [1.54, 1.807) is 6.20 Å². The number of allylic oxidation sites excluding steroid dienone is 1. The zero-order chi connectivity index (χ0) is 10.7. The zero-order valence-electron chi connectivity index (χ0n) is 8.44. The van der Waals surface area contributed by atoms with Crippen LogP contribution in [-0.2, 0) is 0 Å². The molecule has 0 N–H and O–H groups in total. The van der Waals surface area contributed by atoms with Crippen molar-refractivity contribution >= 4 is 17.0 Å². The molecule has 1 aromatic carbocycles. The summed E-state index contributed by atoms with van der Waals surface area (Å²) in [7, 11) is 0. The first-order valence-electron chi connectivity index (χ1n) is 4.73. The molecule has 2 aromatic rings. The van der Waals surface area contributed by atoms with Gasteiger partial charge < -0.3 is 0 Å². The largest absolute Gasteiger partial charge is 0.256 e. The van der Waals surface area contributed by atoms with Crippen LogP contribution in [0, 0.1) is 18.3 Å². The van der Waals surface area contributed by atoms with Crippen LogP contribution in [0.2, 0.25) is 0 Å². The first kappa shape index (κ1) is 9.42. The Balaban J connectivity index is 2.66. The van der Waals surface area contributed by atoms with Crippen LogP contribution in [0.3, 0.4) is 0 Å². The van der Waals surface area contributed by atoms with Crippen LogP contribution in [-0.4, -0.2) is 4.98 Å². The second kappa shape index (κ2) is 3.93. The smallest absolute Gasteiger partial charge is 0.0912 e. The van der Waals surface area contributed by atoms with Crippen molar-refractivity contribution in [1.29, 1.82) is 5.26 Å². The SMILES string of the molecule is Cc1c(C=CC#N)ccc2cccnc12. The van der Waals surface area contributed by atoms with Crippen LogP contribution < -0.4 is 0 Å². The number of rotatable bonds is 1. The fourth-order valence-electron chi connectivity index (χ4n) is 1.61. The molecule has 72 valence electrons. The van der Waals surface area contributed by atoms with Crippen molar-refractivity contribution in [2.24, 2.45) is 0 Å². The maximum atomic E-state index is 8.48. The Kier molecular flexibility index (Phi) is 2.47. The van der Waals surface area contributed by atoms with E-state index >= 15 is 0 Å². The number of nitrogens with zero attached hydrogens (tertiary/aromatic N) is 2. The van der Waals surface area contributed by atoms with E-state index in [2.05, 4.69) is 4.98 Å². The van der Waals surface area contributed by atoms with Gasteiger partial charge in [-0.05, 0) is 30.2 Å². The maximum absolute atomic E-state index is 8.48. The van der Waals surface area contributed by atoms with E-state index in [0.29, 0.717) is 0 Å². The molecule has 0 unspecified atom stereocenters. The Morgan fingerprint density at radius 2 is 2.20 bits per heavy atom. The number of benzene rings is 1. The highest BCUT2D eigenvalue weighted by Crippen LogP contribution is 2.20. The predicted molar refractivity (Wildman–Crippen MR) is 61.1 cm³/mol. The van der Waals surface area contributed by atoms with E-state index in [1.807, 2.05) is 43.3 Å². The lowest BCUT2D eigenvalue weighted by Gasteiger charge is -2.03. The van der Waals surface area contributed by atoms with Crippen molar-refractivity contribution in [3.8, 4) is 6.07 Å². The summed E-state index contributed by atoms with van der Waals surface area (Å²) in [5.74, 6) is 0. The van der Waals surface area contributed by atoms with Crippen molar-refractivity contribution < 1.29 is 0 Å². The molecule has 0 bridgehead atoms. The van der Waals surface area contributed by atoms with Gasteiger partial charge in [-0.3, -0.25) is 4.98 Å². The van der Waals surface area contributed by atoms with Crippen LogP contribution >= 0.6 is 0 Å². The third kappa shape index (κ3) is 1.72. The highest BCUT2D eigenvalue weighted by Gasteiger charge is 2.00. The number of aryl methyl sites for hydroxylation is 1. The molecule has 0 fully saturated rings. The van der Waals surface area contributed by atoms with Gasteiger partial charge in [-0.25, -0.2) is 0 Å². The third-order valence-electron chi connectivity index (χ3n) is 2.41. The third-order valence-corrected chi connectivity index (χ3v) is 2.41. The van der Waals surface area contributed by atoms with Gasteiger partial charge in [0.1, 0.15) is 0 Å². The van der Waals surface area contributed by atoms with Gasteiger partial charge in [-0.2, -0.15) is 5.26 Å². The monoisotopic (exact) mass is 194 g/mol. The second-order valence-electron chi connectivity index (χ2n) is 3.32. The number of hydrogen-bond donors (Lipinski definition) is 0. The molecule has 0 spiro atoms. The molecule has 0 aliphatic rings. The van der Waals surface area contributed by atoms with Crippen molar-refractivity contribution in [1.82, 2.24) is 4.98 Å². The summed E-state index contributed by atoms with van der Waals surface area (Å²) < 4.78 is 0. The van der Waals surface area contributed by atoms with Gasteiger partial charge >= 0.3 is 0 Å². The van der Waals surface area contributed by atoms with E-state index in [9.17, 15) is 0 Å². The molecule has 0 saturated heterocycles. The Hall–Kier alpha value is -2.14. The van der Waals surface area contributed by atoms with E-state index in [1.165, 1.54) is 6.08 Å². The van der Waals surface area contributed by atoms with Gasteiger partial charge in [0.15, 0.2) is 0 Å². The topological polar surface area (TPSA) is 36.7 Å². The van der Waals surface area contributed by atoms with Crippen molar-refractivity contribution in [3.05, 3.63) is 47.7 Å². The van der Waals surface area contributed by atoms with E-state index in [-0.39, 0.29) is 0 Å². The molecular weight excluding hydrogens is 184 g/mol. The Bertz CT molecular complexity index is 562. The van der Waals surface area contributed by atoms with E-state index in [0.717, 1.165) is 22.0 Å². The summed E-state index contributed by atoms with van der Waals surface area (Å²) >= 11 is 0. The molecule has 2 nitrogen and oxygen atoms in total. The van der Waals surface area contributed by atoms with Gasteiger partial charge in [0, 0.05) is 17.7 Å².